The molecular weight excluding hydrogens is 299 g/mol. The SMILES string of the molecule is CCNC1c2cc(OC(F)(F)F)ccc2CSC1C(C)C. The highest BCUT2D eigenvalue weighted by Crippen LogP contribution is 2.42. The van der Waals surface area contributed by atoms with Crippen molar-refractivity contribution in [2.75, 3.05) is 6.54 Å². The summed E-state index contributed by atoms with van der Waals surface area (Å²) in [6, 6.07) is 4.72. The second-order valence-electron chi connectivity index (χ2n) is 5.46. The zero-order valence-electron chi connectivity index (χ0n) is 12.3. The highest BCUT2D eigenvalue weighted by molar-refractivity contribution is 7.99. The van der Waals surface area contributed by atoms with Crippen LogP contribution >= 0.6 is 11.8 Å². The smallest absolute Gasteiger partial charge is 0.406 e. The molecule has 0 saturated carbocycles. The monoisotopic (exact) mass is 319 g/mol. The molecule has 1 aliphatic rings. The molecule has 0 aliphatic carbocycles. The van der Waals surface area contributed by atoms with Crippen LogP contribution in [0.25, 0.3) is 0 Å². The summed E-state index contributed by atoms with van der Waals surface area (Å²) in [5.74, 6) is 1.13. The fourth-order valence-corrected chi connectivity index (χ4v) is 4.13. The van der Waals surface area contributed by atoms with Gasteiger partial charge >= 0.3 is 6.36 Å². The van der Waals surface area contributed by atoms with E-state index in [-0.39, 0.29) is 11.8 Å². The van der Waals surface area contributed by atoms with Crippen molar-refractivity contribution >= 4 is 11.8 Å². The van der Waals surface area contributed by atoms with E-state index in [0.717, 1.165) is 23.4 Å². The molecule has 0 amide bonds. The minimum absolute atomic E-state index is 0.0560. The third-order valence-corrected chi connectivity index (χ3v) is 5.21. The maximum absolute atomic E-state index is 12.4. The first kappa shape index (κ1) is 16.5. The first-order valence-corrected chi connectivity index (χ1v) is 8.10. The summed E-state index contributed by atoms with van der Waals surface area (Å²) in [5.41, 5.74) is 2.01. The lowest BCUT2D eigenvalue weighted by Gasteiger charge is -2.36. The molecule has 6 heteroatoms. The molecular formula is C15H20F3NOS. The summed E-state index contributed by atoms with van der Waals surface area (Å²) in [6.07, 6.45) is -4.65. The fourth-order valence-electron chi connectivity index (χ4n) is 2.67. The summed E-state index contributed by atoms with van der Waals surface area (Å²) in [6.45, 7) is 7.07. The van der Waals surface area contributed by atoms with Crippen LogP contribution in [-0.4, -0.2) is 18.2 Å². The Bertz CT molecular complexity index is 490. The standard InChI is InChI=1S/C15H20F3NOS/c1-4-19-13-12-7-11(20-15(16,17)18)6-5-10(12)8-21-14(13)9(2)3/h5-7,9,13-14,19H,4,8H2,1-3H3. The fraction of sp³-hybridized carbons (Fsp3) is 0.600. The summed E-state index contributed by atoms with van der Waals surface area (Å²) < 4.78 is 41.2. The van der Waals surface area contributed by atoms with Crippen LogP contribution in [0.2, 0.25) is 0 Å². The highest BCUT2D eigenvalue weighted by Gasteiger charge is 2.34. The second kappa shape index (κ2) is 6.48. The molecule has 2 unspecified atom stereocenters. The second-order valence-corrected chi connectivity index (χ2v) is 6.63. The van der Waals surface area contributed by atoms with Gasteiger partial charge in [-0.15, -0.1) is 13.2 Å². The quantitative estimate of drug-likeness (QED) is 0.882. The van der Waals surface area contributed by atoms with E-state index < -0.39 is 6.36 Å². The van der Waals surface area contributed by atoms with Crippen molar-refractivity contribution in [3.05, 3.63) is 29.3 Å². The maximum atomic E-state index is 12.4. The van der Waals surface area contributed by atoms with Crippen molar-refractivity contribution in [3.63, 3.8) is 0 Å². The first-order valence-electron chi connectivity index (χ1n) is 7.05. The topological polar surface area (TPSA) is 21.3 Å². The summed E-state index contributed by atoms with van der Waals surface area (Å²) in [4.78, 5) is 0. The van der Waals surface area contributed by atoms with Crippen LogP contribution < -0.4 is 10.1 Å². The van der Waals surface area contributed by atoms with Gasteiger partial charge < -0.3 is 10.1 Å². The van der Waals surface area contributed by atoms with Crippen molar-refractivity contribution in [2.24, 2.45) is 5.92 Å². The van der Waals surface area contributed by atoms with E-state index in [0.29, 0.717) is 11.2 Å². The van der Waals surface area contributed by atoms with Crippen LogP contribution in [0, 0.1) is 5.92 Å². The summed E-state index contributed by atoms with van der Waals surface area (Å²) in [7, 11) is 0. The van der Waals surface area contributed by atoms with E-state index in [1.165, 1.54) is 12.1 Å². The highest BCUT2D eigenvalue weighted by atomic mass is 32.2. The molecule has 2 atom stereocenters. The van der Waals surface area contributed by atoms with Gasteiger partial charge in [0.15, 0.2) is 0 Å². The average Bonchev–Trinajstić information content (AvgIpc) is 2.37. The molecule has 118 valence electrons. The molecule has 1 N–H and O–H groups in total. The predicted octanol–water partition coefficient (Wildman–Crippen LogP) is 4.51. The van der Waals surface area contributed by atoms with Crippen LogP contribution in [0.3, 0.4) is 0 Å². The maximum Gasteiger partial charge on any atom is 0.573 e. The van der Waals surface area contributed by atoms with E-state index in [9.17, 15) is 13.2 Å². The van der Waals surface area contributed by atoms with Gasteiger partial charge in [0.25, 0.3) is 0 Å². The molecule has 1 heterocycles. The minimum atomic E-state index is -4.65. The van der Waals surface area contributed by atoms with Gasteiger partial charge in [0.05, 0.1) is 0 Å². The van der Waals surface area contributed by atoms with Crippen molar-refractivity contribution in [2.45, 2.75) is 44.2 Å². The van der Waals surface area contributed by atoms with Crippen molar-refractivity contribution in [1.29, 1.82) is 0 Å². The molecule has 1 aromatic rings. The lowest BCUT2D eigenvalue weighted by molar-refractivity contribution is -0.274. The van der Waals surface area contributed by atoms with E-state index in [1.54, 1.807) is 6.07 Å². The van der Waals surface area contributed by atoms with E-state index in [1.807, 2.05) is 18.7 Å². The Labute approximate surface area is 127 Å². The van der Waals surface area contributed by atoms with E-state index in [4.69, 9.17) is 0 Å². The Morgan fingerprint density at radius 3 is 2.67 bits per heavy atom. The molecule has 0 bridgehead atoms. The van der Waals surface area contributed by atoms with Crippen LogP contribution in [0.15, 0.2) is 18.2 Å². The predicted molar refractivity (Wildman–Crippen MR) is 79.5 cm³/mol. The third kappa shape index (κ3) is 4.07. The van der Waals surface area contributed by atoms with Gasteiger partial charge in [0.1, 0.15) is 5.75 Å². The van der Waals surface area contributed by atoms with Gasteiger partial charge in [0, 0.05) is 17.0 Å². The van der Waals surface area contributed by atoms with Crippen LogP contribution in [0.4, 0.5) is 13.2 Å². The zero-order valence-corrected chi connectivity index (χ0v) is 13.1. The Morgan fingerprint density at radius 1 is 1.38 bits per heavy atom. The molecule has 0 aromatic heterocycles. The van der Waals surface area contributed by atoms with Gasteiger partial charge in [-0.25, -0.2) is 0 Å². The Kier molecular flexibility index (Phi) is 5.09. The number of nitrogens with one attached hydrogen (secondary N) is 1. The third-order valence-electron chi connectivity index (χ3n) is 3.53. The molecule has 2 rings (SSSR count). The molecule has 21 heavy (non-hydrogen) atoms. The van der Waals surface area contributed by atoms with Crippen molar-refractivity contribution in [1.82, 2.24) is 5.32 Å². The zero-order chi connectivity index (χ0) is 15.6. The van der Waals surface area contributed by atoms with Gasteiger partial charge in [-0.3, -0.25) is 0 Å². The average molecular weight is 319 g/mol. The van der Waals surface area contributed by atoms with E-state index in [2.05, 4.69) is 23.9 Å². The Hall–Kier alpha value is -0.880. The molecule has 1 aromatic carbocycles. The molecule has 0 saturated heterocycles. The number of fused-ring (bicyclic) bond motifs is 1. The van der Waals surface area contributed by atoms with Crippen LogP contribution in [0.1, 0.15) is 37.9 Å². The molecule has 1 aliphatic heterocycles. The minimum Gasteiger partial charge on any atom is -0.406 e. The normalized spacial score (nSPS) is 22.2. The largest absolute Gasteiger partial charge is 0.573 e. The van der Waals surface area contributed by atoms with Crippen LogP contribution in [-0.2, 0) is 5.75 Å². The lowest BCUT2D eigenvalue weighted by atomic mass is 9.92. The molecule has 0 radical (unpaired) electrons. The molecule has 2 nitrogen and oxygen atoms in total. The Morgan fingerprint density at radius 2 is 2.10 bits per heavy atom. The van der Waals surface area contributed by atoms with Gasteiger partial charge in [-0.1, -0.05) is 26.8 Å². The summed E-state index contributed by atoms with van der Waals surface area (Å²) >= 11 is 1.86. The van der Waals surface area contributed by atoms with Crippen molar-refractivity contribution in [3.8, 4) is 5.75 Å². The van der Waals surface area contributed by atoms with Gasteiger partial charge in [-0.2, -0.15) is 11.8 Å². The molecule has 0 spiro atoms. The van der Waals surface area contributed by atoms with Gasteiger partial charge in [0.2, 0.25) is 0 Å². The first-order chi connectivity index (χ1) is 9.81. The van der Waals surface area contributed by atoms with Gasteiger partial charge in [-0.05, 0) is 35.7 Å². The van der Waals surface area contributed by atoms with E-state index >= 15 is 0 Å². The summed E-state index contributed by atoms with van der Waals surface area (Å²) in [5, 5.41) is 3.75. The number of ether oxygens (including phenoxy) is 1. The Balaban J connectivity index is 2.34. The molecule has 0 fully saturated rings. The number of halogens is 3. The number of alkyl halides is 3. The van der Waals surface area contributed by atoms with Crippen LogP contribution in [0.5, 0.6) is 5.75 Å². The number of hydrogen-bond acceptors (Lipinski definition) is 3. The number of benzene rings is 1. The van der Waals surface area contributed by atoms with Crippen molar-refractivity contribution < 1.29 is 17.9 Å². The number of hydrogen-bond donors (Lipinski definition) is 1. The lowest BCUT2D eigenvalue weighted by Crippen LogP contribution is -2.36. The number of rotatable bonds is 4. The number of thioether (sulfide) groups is 1.